The van der Waals surface area contributed by atoms with E-state index in [-0.39, 0.29) is 12.6 Å². The molecule has 0 saturated carbocycles. The molecule has 3 N–H and O–H groups in total. The van der Waals surface area contributed by atoms with Gasteiger partial charge in [0.05, 0.1) is 18.3 Å². The Morgan fingerprint density at radius 2 is 2.29 bits per heavy atom. The topological polar surface area (TPSA) is 62.4 Å². The first-order valence-electron chi connectivity index (χ1n) is 4.68. The Hall–Kier alpha value is -1.13. The van der Waals surface area contributed by atoms with E-state index in [0.29, 0.717) is 6.54 Å². The van der Waals surface area contributed by atoms with Gasteiger partial charge < -0.3 is 15.7 Å². The minimum atomic E-state index is 0.0653. The van der Waals surface area contributed by atoms with E-state index < -0.39 is 0 Å². The number of nitrogens with two attached hydrogens (primary N) is 1. The van der Waals surface area contributed by atoms with Gasteiger partial charge >= 0.3 is 0 Å². The van der Waals surface area contributed by atoms with Crippen molar-refractivity contribution < 1.29 is 5.11 Å². The highest BCUT2D eigenvalue weighted by molar-refractivity contribution is 5.39. The number of aliphatic hydroxyl groups excluding tert-OH is 1. The molecule has 4 heteroatoms. The SMILES string of the molecule is CC(CO)N(C)c1cccc(CN)n1. The maximum atomic E-state index is 9.00. The predicted octanol–water partition coefficient (Wildman–Crippen LogP) is 0.357. The first-order valence-corrected chi connectivity index (χ1v) is 4.68. The summed E-state index contributed by atoms with van der Waals surface area (Å²) in [6.07, 6.45) is 0. The fraction of sp³-hybridized carbons (Fsp3) is 0.500. The molecule has 1 heterocycles. The number of pyridine rings is 1. The van der Waals surface area contributed by atoms with Crippen molar-refractivity contribution in [2.24, 2.45) is 5.73 Å². The molecule has 1 unspecified atom stereocenters. The average molecular weight is 195 g/mol. The minimum absolute atomic E-state index is 0.0653. The molecule has 0 radical (unpaired) electrons. The van der Waals surface area contributed by atoms with Crippen LogP contribution in [0, 0.1) is 0 Å². The summed E-state index contributed by atoms with van der Waals surface area (Å²) >= 11 is 0. The first-order chi connectivity index (χ1) is 6.69. The lowest BCUT2D eigenvalue weighted by Gasteiger charge is -2.24. The molecule has 0 amide bonds. The number of hydrogen-bond donors (Lipinski definition) is 2. The number of aromatic nitrogens is 1. The van der Waals surface area contributed by atoms with Crippen molar-refractivity contribution in [3.05, 3.63) is 23.9 Å². The maximum Gasteiger partial charge on any atom is 0.128 e. The Morgan fingerprint density at radius 3 is 2.86 bits per heavy atom. The maximum absolute atomic E-state index is 9.00. The van der Waals surface area contributed by atoms with Gasteiger partial charge in [-0.1, -0.05) is 6.07 Å². The molecule has 4 nitrogen and oxygen atoms in total. The van der Waals surface area contributed by atoms with Crippen LogP contribution in [-0.2, 0) is 6.54 Å². The summed E-state index contributed by atoms with van der Waals surface area (Å²) in [6.45, 7) is 2.50. The van der Waals surface area contributed by atoms with E-state index in [1.54, 1.807) is 0 Å². The van der Waals surface area contributed by atoms with Gasteiger partial charge in [0.25, 0.3) is 0 Å². The van der Waals surface area contributed by atoms with Crippen LogP contribution in [0.5, 0.6) is 0 Å². The second kappa shape index (κ2) is 4.93. The van der Waals surface area contributed by atoms with Gasteiger partial charge in [0, 0.05) is 13.6 Å². The summed E-state index contributed by atoms with van der Waals surface area (Å²) in [5.74, 6) is 0.842. The van der Waals surface area contributed by atoms with Crippen LogP contribution in [0.25, 0.3) is 0 Å². The number of rotatable bonds is 4. The molecule has 0 spiro atoms. The van der Waals surface area contributed by atoms with Crippen LogP contribution < -0.4 is 10.6 Å². The van der Waals surface area contributed by atoms with Crippen molar-refractivity contribution in [2.75, 3.05) is 18.6 Å². The number of anilines is 1. The number of hydrogen-bond acceptors (Lipinski definition) is 4. The van der Waals surface area contributed by atoms with Crippen molar-refractivity contribution in [3.63, 3.8) is 0 Å². The third-order valence-corrected chi connectivity index (χ3v) is 2.29. The van der Waals surface area contributed by atoms with Gasteiger partial charge in [-0.15, -0.1) is 0 Å². The first kappa shape index (κ1) is 10.9. The molecule has 0 aromatic carbocycles. The third kappa shape index (κ3) is 2.43. The molecule has 78 valence electrons. The van der Waals surface area contributed by atoms with Crippen LogP contribution in [0.1, 0.15) is 12.6 Å². The molecular weight excluding hydrogens is 178 g/mol. The van der Waals surface area contributed by atoms with Gasteiger partial charge in [-0.2, -0.15) is 0 Å². The van der Waals surface area contributed by atoms with E-state index in [4.69, 9.17) is 10.8 Å². The zero-order valence-corrected chi connectivity index (χ0v) is 8.64. The van der Waals surface area contributed by atoms with Gasteiger partial charge in [0.1, 0.15) is 5.82 Å². The van der Waals surface area contributed by atoms with Crippen LogP contribution in [0.4, 0.5) is 5.82 Å². The molecule has 1 aromatic heterocycles. The highest BCUT2D eigenvalue weighted by Crippen LogP contribution is 2.11. The van der Waals surface area contributed by atoms with Crippen molar-refractivity contribution in [1.82, 2.24) is 4.98 Å². The van der Waals surface area contributed by atoms with Crippen LogP contribution >= 0.6 is 0 Å². The molecule has 0 bridgehead atoms. The van der Waals surface area contributed by atoms with Crippen LogP contribution in [0.3, 0.4) is 0 Å². The average Bonchev–Trinajstić information content (AvgIpc) is 2.27. The Bertz CT molecular complexity index is 290. The van der Waals surface area contributed by atoms with Gasteiger partial charge in [-0.3, -0.25) is 0 Å². The van der Waals surface area contributed by atoms with Crippen LogP contribution in [0.15, 0.2) is 18.2 Å². The minimum Gasteiger partial charge on any atom is -0.394 e. The summed E-state index contributed by atoms with van der Waals surface area (Å²) in [4.78, 5) is 6.28. The van der Waals surface area contributed by atoms with E-state index >= 15 is 0 Å². The van der Waals surface area contributed by atoms with Gasteiger partial charge in [-0.25, -0.2) is 4.98 Å². The molecule has 1 atom stereocenters. The quantitative estimate of drug-likeness (QED) is 0.728. The third-order valence-electron chi connectivity index (χ3n) is 2.29. The summed E-state index contributed by atoms with van der Waals surface area (Å²) in [5.41, 5.74) is 6.36. The number of aliphatic hydroxyl groups is 1. The molecule has 1 aromatic rings. The molecule has 0 aliphatic carbocycles. The van der Waals surface area contributed by atoms with Crippen molar-refractivity contribution in [2.45, 2.75) is 19.5 Å². The highest BCUT2D eigenvalue weighted by atomic mass is 16.3. The lowest BCUT2D eigenvalue weighted by atomic mass is 10.3. The number of likely N-dealkylation sites (N-methyl/N-ethyl adjacent to an activating group) is 1. The predicted molar refractivity (Wildman–Crippen MR) is 57.1 cm³/mol. The molecule has 1 rings (SSSR count). The van der Waals surface area contributed by atoms with Crippen LogP contribution in [0.2, 0.25) is 0 Å². The van der Waals surface area contributed by atoms with Gasteiger partial charge in [-0.05, 0) is 19.1 Å². The van der Waals surface area contributed by atoms with Crippen molar-refractivity contribution in [1.29, 1.82) is 0 Å². The smallest absolute Gasteiger partial charge is 0.128 e. The second-order valence-electron chi connectivity index (χ2n) is 3.33. The zero-order valence-electron chi connectivity index (χ0n) is 8.64. The molecule has 0 saturated heterocycles. The Balaban J connectivity index is 2.83. The van der Waals surface area contributed by atoms with Gasteiger partial charge in [0.15, 0.2) is 0 Å². The molecule has 14 heavy (non-hydrogen) atoms. The fourth-order valence-electron chi connectivity index (χ4n) is 1.13. The zero-order chi connectivity index (χ0) is 10.6. The highest BCUT2D eigenvalue weighted by Gasteiger charge is 2.09. The van der Waals surface area contributed by atoms with Gasteiger partial charge in [0.2, 0.25) is 0 Å². The summed E-state index contributed by atoms with van der Waals surface area (Å²) in [7, 11) is 1.91. The Kier molecular flexibility index (Phi) is 3.85. The van der Waals surface area contributed by atoms with E-state index in [9.17, 15) is 0 Å². The normalized spacial score (nSPS) is 12.6. The van der Waals surface area contributed by atoms with Crippen molar-refractivity contribution in [3.8, 4) is 0 Å². The van der Waals surface area contributed by atoms with E-state index in [1.807, 2.05) is 37.1 Å². The Labute approximate surface area is 84.4 Å². The van der Waals surface area contributed by atoms with E-state index in [1.165, 1.54) is 0 Å². The lowest BCUT2D eigenvalue weighted by molar-refractivity contribution is 0.270. The summed E-state index contributed by atoms with van der Waals surface area (Å²) in [6, 6.07) is 5.78. The summed E-state index contributed by atoms with van der Waals surface area (Å²) in [5, 5.41) is 9.00. The molecular formula is C10H17N3O. The van der Waals surface area contributed by atoms with Crippen LogP contribution in [-0.4, -0.2) is 29.8 Å². The monoisotopic (exact) mass is 195 g/mol. The Morgan fingerprint density at radius 1 is 1.57 bits per heavy atom. The largest absolute Gasteiger partial charge is 0.394 e. The van der Waals surface area contributed by atoms with Crippen molar-refractivity contribution >= 4 is 5.82 Å². The molecule has 0 aliphatic heterocycles. The molecule has 0 fully saturated rings. The number of nitrogens with zero attached hydrogens (tertiary/aromatic N) is 2. The summed E-state index contributed by atoms with van der Waals surface area (Å²) < 4.78 is 0. The van der Waals surface area contributed by atoms with E-state index in [0.717, 1.165) is 11.5 Å². The lowest BCUT2D eigenvalue weighted by Crippen LogP contribution is -2.32. The standard InChI is InChI=1S/C10H17N3O/c1-8(7-14)13(2)10-5-3-4-9(6-11)12-10/h3-5,8,14H,6-7,11H2,1-2H3. The van der Waals surface area contributed by atoms with E-state index in [2.05, 4.69) is 4.98 Å². The molecule has 0 aliphatic rings. The fourth-order valence-corrected chi connectivity index (χ4v) is 1.13. The second-order valence-corrected chi connectivity index (χ2v) is 3.33.